The molecule has 1 aliphatic heterocycles. The second-order valence-electron chi connectivity index (χ2n) is 4.88. The Hall–Kier alpha value is -1.84. The van der Waals surface area contributed by atoms with Gasteiger partial charge in [0, 0.05) is 13.0 Å². The van der Waals surface area contributed by atoms with Crippen LogP contribution in [-0.4, -0.2) is 28.4 Å². The lowest BCUT2D eigenvalue weighted by Crippen LogP contribution is -2.43. The molecule has 4 nitrogen and oxygen atoms in total. The first-order valence-electron chi connectivity index (χ1n) is 6.75. The lowest BCUT2D eigenvalue weighted by Gasteiger charge is -2.34. The molecule has 0 saturated carbocycles. The van der Waals surface area contributed by atoms with E-state index in [0.29, 0.717) is 13.0 Å². The number of benzene rings is 1. The molecule has 1 aromatic carbocycles. The van der Waals surface area contributed by atoms with Crippen molar-refractivity contribution in [3.63, 3.8) is 0 Å². The first-order chi connectivity index (χ1) is 9.15. The molecule has 1 aromatic rings. The van der Waals surface area contributed by atoms with E-state index in [1.54, 1.807) is 0 Å². The first-order valence-corrected chi connectivity index (χ1v) is 6.75. The summed E-state index contributed by atoms with van der Waals surface area (Å²) in [7, 11) is 0. The molecule has 0 aromatic heterocycles. The van der Waals surface area contributed by atoms with Crippen LogP contribution in [0.4, 0.5) is 0 Å². The Morgan fingerprint density at radius 3 is 2.79 bits per heavy atom. The fourth-order valence-electron chi connectivity index (χ4n) is 2.57. The molecule has 0 aliphatic carbocycles. The van der Waals surface area contributed by atoms with E-state index in [2.05, 4.69) is 0 Å². The number of fused-ring (bicyclic) bond motifs is 1. The van der Waals surface area contributed by atoms with Crippen LogP contribution in [0.2, 0.25) is 0 Å². The SMILES string of the molecule is CCCCC(=O)N1CCc2ccccc2C1C(=O)O. The summed E-state index contributed by atoms with van der Waals surface area (Å²) in [6.45, 7) is 2.52. The normalized spacial score (nSPS) is 17.9. The van der Waals surface area contributed by atoms with E-state index < -0.39 is 12.0 Å². The van der Waals surface area contributed by atoms with Crippen LogP contribution in [0.1, 0.15) is 43.4 Å². The summed E-state index contributed by atoms with van der Waals surface area (Å²) >= 11 is 0. The molecule has 19 heavy (non-hydrogen) atoms. The smallest absolute Gasteiger partial charge is 0.331 e. The molecule has 0 fully saturated rings. The van der Waals surface area contributed by atoms with Crippen molar-refractivity contribution in [3.05, 3.63) is 35.4 Å². The summed E-state index contributed by atoms with van der Waals surface area (Å²) in [4.78, 5) is 25.2. The highest BCUT2D eigenvalue weighted by Gasteiger charge is 2.35. The van der Waals surface area contributed by atoms with Crippen LogP contribution in [-0.2, 0) is 16.0 Å². The first kappa shape index (κ1) is 13.6. The highest BCUT2D eigenvalue weighted by Crippen LogP contribution is 2.30. The van der Waals surface area contributed by atoms with Crippen molar-refractivity contribution in [1.82, 2.24) is 4.90 Å². The third-order valence-corrected chi connectivity index (χ3v) is 3.58. The molecule has 1 atom stereocenters. The predicted octanol–water partition coefficient (Wildman–Crippen LogP) is 2.39. The monoisotopic (exact) mass is 261 g/mol. The Balaban J connectivity index is 2.27. The van der Waals surface area contributed by atoms with Crippen LogP contribution in [0.5, 0.6) is 0 Å². The van der Waals surface area contributed by atoms with Gasteiger partial charge in [-0.05, 0) is 24.0 Å². The van der Waals surface area contributed by atoms with Gasteiger partial charge in [0.2, 0.25) is 5.91 Å². The highest BCUT2D eigenvalue weighted by atomic mass is 16.4. The molecule has 1 heterocycles. The zero-order chi connectivity index (χ0) is 13.8. The van der Waals surface area contributed by atoms with E-state index in [0.717, 1.165) is 30.4 Å². The molecule has 1 aliphatic rings. The van der Waals surface area contributed by atoms with Gasteiger partial charge in [-0.15, -0.1) is 0 Å². The van der Waals surface area contributed by atoms with E-state index in [9.17, 15) is 14.7 Å². The zero-order valence-electron chi connectivity index (χ0n) is 11.1. The lowest BCUT2D eigenvalue weighted by molar-refractivity contribution is -0.151. The number of nitrogens with zero attached hydrogens (tertiary/aromatic N) is 1. The summed E-state index contributed by atoms with van der Waals surface area (Å²) in [5.41, 5.74) is 1.79. The maximum absolute atomic E-state index is 12.1. The number of carbonyl (C=O) groups excluding carboxylic acids is 1. The van der Waals surface area contributed by atoms with E-state index in [1.165, 1.54) is 4.90 Å². The molecule has 2 rings (SSSR count). The van der Waals surface area contributed by atoms with E-state index >= 15 is 0 Å². The van der Waals surface area contributed by atoms with E-state index in [-0.39, 0.29) is 5.91 Å². The molecular formula is C15H19NO3. The standard InChI is InChI=1S/C15H19NO3/c1-2-3-8-13(17)16-10-9-11-6-4-5-7-12(11)14(16)15(18)19/h4-7,14H,2-3,8-10H2,1H3,(H,18,19). The van der Waals surface area contributed by atoms with Crippen LogP contribution in [0.25, 0.3) is 0 Å². The van der Waals surface area contributed by atoms with Gasteiger partial charge in [-0.2, -0.15) is 0 Å². The molecule has 0 saturated heterocycles. The highest BCUT2D eigenvalue weighted by molar-refractivity contribution is 5.85. The Morgan fingerprint density at radius 1 is 1.37 bits per heavy atom. The van der Waals surface area contributed by atoms with Crippen LogP contribution >= 0.6 is 0 Å². The van der Waals surface area contributed by atoms with Crippen molar-refractivity contribution in [2.24, 2.45) is 0 Å². The number of rotatable bonds is 4. The summed E-state index contributed by atoms with van der Waals surface area (Å²) in [6, 6.07) is 6.67. The lowest BCUT2D eigenvalue weighted by atomic mass is 9.92. The number of hydrogen-bond donors (Lipinski definition) is 1. The fourth-order valence-corrected chi connectivity index (χ4v) is 2.57. The number of aliphatic carboxylic acids is 1. The van der Waals surface area contributed by atoms with Gasteiger partial charge in [-0.3, -0.25) is 4.79 Å². The molecule has 0 spiro atoms. The molecule has 0 bridgehead atoms. The molecule has 1 amide bonds. The minimum absolute atomic E-state index is 0.0521. The van der Waals surface area contributed by atoms with Crippen LogP contribution in [0.3, 0.4) is 0 Å². The molecule has 1 N–H and O–H groups in total. The van der Waals surface area contributed by atoms with Gasteiger partial charge < -0.3 is 10.0 Å². The Morgan fingerprint density at radius 2 is 2.11 bits per heavy atom. The second-order valence-corrected chi connectivity index (χ2v) is 4.88. The number of carboxylic acids is 1. The molecule has 102 valence electrons. The maximum atomic E-state index is 12.1. The number of hydrogen-bond acceptors (Lipinski definition) is 2. The van der Waals surface area contributed by atoms with E-state index in [4.69, 9.17) is 0 Å². The number of amides is 1. The topological polar surface area (TPSA) is 57.6 Å². The Bertz CT molecular complexity index is 484. The van der Waals surface area contributed by atoms with Crippen molar-refractivity contribution in [2.45, 2.75) is 38.6 Å². The maximum Gasteiger partial charge on any atom is 0.331 e. The van der Waals surface area contributed by atoms with Gasteiger partial charge in [-0.25, -0.2) is 4.79 Å². The van der Waals surface area contributed by atoms with E-state index in [1.807, 2.05) is 31.2 Å². The average molecular weight is 261 g/mol. The number of carbonyl (C=O) groups is 2. The summed E-state index contributed by atoms with van der Waals surface area (Å²) in [5, 5.41) is 9.44. The van der Waals surface area contributed by atoms with Crippen LogP contribution in [0.15, 0.2) is 24.3 Å². The minimum atomic E-state index is -0.947. The summed E-state index contributed by atoms with van der Waals surface area (Å²) in [6.07, 6.45) is 2.91. The quantitative estimate of drug-likeness (QED) is 0.905. The van der Waals surface area contributed by atoms with Gasteiger partial charge >= 0.3 is 5.97 Å². The zero-order valence-corrected chi connectivity index (χ0v) is 11.1. The number of carboxylic acid groups (broad SMARTS) is 1. The fraction of sp³-hybridized carbons (Fsp3) is 0.467. The second kappa shape index (κ2) is 5.87. The molecular weight excluding hydrogens is 242 g/mol. The summed E-state index contributed by atoms with van der Waals surface area (Å²) < 4.78 is 0. The molecule has 1 unspecified atom stereocenters. The van der Waals surface area contributed by atoms with Crippen molar-refractivity contribution >= 4 is 11.9 Å². The van der Waals surface area contributed by atoms with Gasteiger partial charge in [0.1, 0.15) is 0 Å². The predicted molar refractivity (Wildman–Crippen MR) is 71.8 cm³/mol. The Labute approximate surface area is 113 Å². The van der Waals surface area contributed by atoms with Gasteiger partial charge in [0.25, 0.3) is 0 Å². The van der Waals surface area contributed by atoms with Crippen molar-refractivity contribution in [3.8, 4) is 0 Å². The van der Waals surface area contributed by atoms with Crippen LogP contribution < -0.4 is 0 Å². The Kier molecular flexibility index (Phi) is 4.20. The molecule has 4 heteroatoms. The van der Waals surface area contributed by atoms with Gasteiger partial charge in [0.05, 0.1) is 0 Å². The van der Waals surface area contributed by atoms with Crippen molar-refractivity contribution in [2.75, 3.05) is 6.54 Å². The number of unbranched alkanes of at least 4 members (excludes halogenated alkanes) is 1. The van der Waals surface area contributed by atoms with Crippen molar-refractivity contribution < 1.29 is 14.7 Å². The minimum Gasteiger partial charge on any atom is -0.479 e. The third-order valence-electron chi connectivity index (χ3n) is 3.58. The third kappa shape index (κ3) is 2.78. The molecule has 0 radical (unpaired) electrons. The van der Waals surface area contributed by atoms with Gasteiger partial charge in [0.15, 0.2) is 6.04 Å². The van der Waals surface area contributed by atoms with Crippen molar-refractivity contribution in [1.29, 1.82) is 0 Å². The average Bonchev–Trinajstić information content (AvgIpc) is 2.43. The van der Waals surface area contributed by atoms with Crippen LogP contribution in [0, 0.1) is 0 Å². The summed E-state index contributed by atoms with van der Waals surface area (Å²) in [5.74, 6) is -0.999. The largest absolute Gasteiger partial charge is 0.479 e. The van der Waals surface area contributed by atoms with Gasteiger partial charge in [-0.1, -0.05) is 37.6 Å².